The maximum atomic E-state index is 12.2. The molecule has 0 aliphatic heterocycles. The van der Waals surface area contributed by atoms with E-state index in [0.29, 0.717) is 29.2 Å². The first kappa shape index (κ1) is 15.8. The zero-order valence-electron chi connectivity index (χ0n) is 14.0. The molecule has 8 nitrogen and oxygen atoms in total. The Kier molecular flexibility index (Phi) is 4.06. The second kappa shape index (κ2) is 6.67. The number of anilines is 1. The van der Waals surface area contributed by atoms with E-state index >= 15 is 0 Å². The quantitative estimate of drug-likeness (QED) is 0.591. The van der Waals surface area contributed by atoms with E-state index in [1.807, 2.05) is 12.1 Å². The SMILES string of the molecule is Cc1nc2cc(NC(=O)NCc3cccnc3-n3ccnc3)ccc2o1. The summed E-state index contributed by atoms with van der Waals surface area (Å²) in [6.45, 7) is 2.12. The highest BCUT2D eigenvalue weighted by Gasteiger charge is 2.09. The van der Waals surface area contributed by atoms with E-state index in [0.717, 1.165) is 11.4 Å². The number of nitrogens with zero attached hydrogens (tertiary/aromatic N) is 4. The van der Waals surface area contributed by atoms with Gasteiger partial charge in [0.15, 0.2) is 11.5 Å². The summed E-state index contributed by atoms with van der Waals surface area (Å²) in [5.41, 5.74) is 2.91. The third-order valence-corrected chi connectivity index (χ3v) is 3.81. The molecule has 0 fully saturated rings. The lowest BCUT2D eigenvalue weighted by atomic mass is 10.2. The Labute approximate surface area is 148 Å². The number of fused-ring (bicyclic) bond motifs is 1. The molecule has 0 aliphatic carbocycles. The van der Waals surface area contributed by atoms with Crippen LogP contribution in [0, 0.1) is 6.92 Å². The van der Waals surface area contributed by atoms with Crippen LogP contribution in [0.15, 0.2) is 59.7 Å². The van der Waals surface area contributed by atoms with Crippen LogP contribution >= 0.6 is 0 Å². The molecular weight excluding hydrogens is 332 g/mol. The maximum Gasteiger partial charge on any atom is 0.319 e. The molecule has 26 heavy (non-hydrogen) atoms. The predicted molar refractivity (Wildman–Crippen MR) is 96.0 cm³/mol. The molecule has 0 bridgehead atoms. The molecule has 1 aromatic carbocycles. The minimum atomic E-state index is -0.315. The second-order valence-corrected chi connectivity index (χ2v) is 5.68. The number of carbonyl (C=O) groups is 1. The van der Waals surface area contributed by atoms with Crippen molar-refractivity contribution in [1.29, 1.82) is 0 Å². The summed E-state index contributed by atoms with van der Waals surface area (Å²) < 4.78 is 7.23. The third-order valence-electron chi connectivity index (χ3n) is 3.81. The van der Waals surface area contributed by atoms with Crippen LogP contribution in [0.1, 0.15) is 11.5 Å². The van der Waals surface area contributed by atoms with E-state index in [-0.39, 0.29) is 6.03 Å². The van der Waals surface area contributed by atoms with Gasteiger partial charge in [0.2, 0.25) is 0 Å². The number of benzene rings is 1. The number of carbonyl (C=O) groups excluding carboxylic acids is 1. The van der Waals surface area contributed by atoms with Crippen molar-refractivity contribution < 1.29 is 9.21 Å². The molecule has 2 amide bonds. The molecule has 3 heterocycles. The highest BCUT2D eigenvalue weighted by molar-refractivity contribution is 5.91. The van der Waals surface area contributed by atoms with E-state index in [4.69, 9.17) is 4.42 Å². The van der Waals surface area contributed by atoms with Crippen molar-refractivity contribution in [2.75, 3.05) is 5.32 Å². The highest BCUT2D eigenvalue weighted by Crippen LogP contribution is 2.19. The minimum Gasteiger partial charge on any atom is -0.441 e. The Morgan fingerprint density at radius 2 is 2.19 bits per heavy atom. The van der Waals surface area contributed by atoms with Crippen LogP contribution in [0.4, 0.5) is 10.5 Å². The Morgan fingerprint density at radius 1 is 1.27 bits per heavy atom. The van der Waals surface area contributed by atoms with E-state index in [9.17, 15) is 4.79 Å². The van der Waals surface area contributed by atoms with Crippen molar-refractivity contribution in [2.24, 2.45) is 0 Å². The van der Waals surface area contributed by atoms with Crippen molar-refractivity contribution in [3.05, 3.63) is 66.7 Å². The molecule has 0 unspecified atom stereocenters. The number of rotatable bonds is 4. The highest BCUT2D eigenvalue weighted by atomic mass is 16.3. The van der Waals surface area contributed by atoms with Crippen LogP contribution in [0.25, 0.3) is 16.9 Å². The Bertz CT molecular complexity index is 1050. The topological polar surface area (TPSA) is 97.9 Å². The summed E-state index contributed by atoms with van der Waals surface area (Å²) >= 11 is 0. The summed E-state index contributed by atoms with van der Waals surface area (Å²) in [5.74, 6) is 1.31. The fraction of sp³-hybridized carbons (Fsp3) is 0.111. The van der Waals surface area contributed by atoms with Crippen LogP contribution in [-0.2, 0) is 6.54 Å². The van der Waals surface area contributed by atoms with Gasteiger partial charge in [-0.15, -0.1) is 0 Å². The number of amides is 2. The zero-order valence-corrected chi connectivity index (χ0v) is 14.0. The zero-order chi connectivity index (χ0) is 17.9. The number of hydrogen-bond donors (Lipinski definition) is 2. The molecule has 0 radical (unpaired) electrons. The molecule has 0 atom stereocenters. The number of aromatic nitrogens is 4. The van der Waals surface area contributed by atoms with Gasteiger partial charge in [0.25, 0.3) is 0 Å². The Hall–Kier alpha value is -3.68. The van der Waals surface area contributed by atoms with Gasteiger partial charge in [-0.2, -0.15) is 0 Å². The fourth-order valence-corrected chi connectivity index (χ4v) is 2.66. The molecule has 0 spiro atoms. The van der Waals surface area contributed by atoms with E-state index in [1.165, 1.54) is 0 Å². The van der Waals surface area contributed by atoms with Crippen molar-refractivity contribution in [1.82, 2.24) is 24.8 Å². The van der Waals surface area contributed by atoms with Crippen molar-refractivity contribution in [3.63, 3.8) is 0 Å². The predicted octanol–water partition coefficient (Wildman–Crippen LogP) is 3.04. The van der Waals surface area contributed by atoms with Gasteiger partial charge in [0.1, 0.15) is 17.7 Å². The van der Waals surface area contributed by atoms with Crippen LogP contribution in [0.2, 0.25) is 0 Å². The van der Waals surface area contributed by atoms with Crippen molar-refractivity contribution in [2.45, 2.75) is 13.5 Å². The molecule has 0 aliphatic rings. The summed E-state index contributed by atoms with van der Waals surface area (Å²) in [4.78, 5) is 24.9. The van der Waals surface area contributed by atoms with E-state index < -0.39 is 0 Å². The first-order chi connectivity index (χ1) is 12.7. The summed E-state index contributed by atoms with van der Waals surface area (Å²) in [5, 5.41) is 5.63. The van der Waals surface area contributed by atoms with Crippen molar-refractivity contribution in [3.8, 4) is 5.82 Å². The Balaban J connectivity index is 1.44. The summed E-state index contributed by atoms with van der Waals surface area (Å²) in [6, 6.07) is 8.75. The normalized spacial score (nSPS) is 10.8. The van der Waals surface area contributed by atoms with Crippen LogP contribution in [0.3, 0.4) is 0 Å². The molecule has 3 aromatic heterocycles. The number of aryl methyl sites for hydroxylation is 1. The van der Waals surface area contributed by atoms with Gasteiger partial charge in [-0.3, -0.25) is 4.57 Å². The fourth-order valence-electron chi connectivity index (χ4n) is 2.66. The third kappa shape index (κ3) is 3.25. The van der Waals surface area contributed by atoms with Gasteiger partial charge in [-0.05, 0) is 24.3 Å². The monoisotopic (exact) mass is 348 g/mol. The first-order valence-electron chi connectivity index (χ1n) is 8.03. The molecule has 4 aromatic rings. The molecule has 0 saturated heterocycles. The van der Waals surface area contributed by atoms with Crippen LogP contribution < -0.4 is 10.6 Å². The van der Waals surface area contributed by atoms with Crippen LogP contribution in [0.5, 0.6) is 0 Å². The minimum absolute atomic E-state index is 0.315. The lowest BCUT2D eigenvalue weighted by molar-refractivity contribution is 0.251. The number of oxazole rings is 1. The summed E-state index contributed by atoms with van der Waals surface area (Å²) in [6.07, 6.45) is 6.86. The van der Waals surface area contributed by atoms with Gasteiger partial charge in [0, 0.05) is 43.3 Å². The van der Waals surface area contributed by atoms with E-state index in [2.05, 4.69) is 25.6 Å². The van der Waals surface area contributed by atoms with Gasteiger partial charge in [-0.25, -0.2) is 19.7 Å². The summed E-state index contributed by atoms with van der Waals surface area (Å²) in [7, 11) is 0. The standard InChI is InChI=1S/C18H16N6O2/c1-12-22-15-9-14(4-5-16(15)26-12)23-18(25)21-10-13-3-2-6-20-17(13)24-8-7-19-11-24/h2-9,11H,10H2,1H3,(H2,21,23,25). The van der Waals surface area contributed by atoms with Gasteiger partial charge < -0.3 is 15.1 Å². The Morgan fingerprint density at radius 3 is 3.04 bits per heavy atom. The number of nitrogens with one attached hydrogen (secondary N) is 2. The number of hydrogen-bond acceptors (Lipinski definition) is 5. The molecule has 8 heteroatoms. The smallest absolute Gasteiger partial charge is 0.319 e. The largest absolute Gasteiger partial charge is 0.441 e. The lowest BCUT2D eigenvalue weighted by Crippen LogP contribution is -2.28. The number of pyridine rings is 1. The molecule has 130 valence electrons. The lowest BCUT2D eigenvalue weighted by Gasteiger charge is -2.11. The average Bonchev–Trinajstić information content (AvgIpc) is 3.28. The molecular formula is C18H16N6O2. The van der Waals surface area contributed by atoms with Crippen LogP contribution in [-0.4, -0.2) is 25.6 Å². The number of imidazole rings is 1. The molecule has 4 rings (SSSR count). The molecule has 2 N–H and O–H groups in total. The number of urea groups is 1. The van der Waals surface area contributed by atoms with Crippen molar-refractivity contribution >= 4 is 22.8 Å². The molecule has 0 saturated carbocycles. The van der Waals surface area contributed by atoms with Gasteiger partial charge in [0.05, 0.1) is 0 Å². The average molecular weight is 348 g/mol. The second-order valence-electron chi connectivity index (χ2n) is 5.68. The first-order valence-corrected chi connectivity index (χ1v) is 8.03. The van der Waals surface area contributed by atoms with Gasteiger partial charge in [-0.1, -0.05) is 6.07 Å². The maximum absolute atomic E-state index is 12.2. The van der Waals surface area contributed by atoms with Gasteiger partial charge >= 0.3 is 6.03 Å². The van der Waals surface area contributed by atoms with E-state index in [1.54, 1.807) is 54.6 Å².